The van der Waals surface area contributed by atoms with Crippen LogP contribution in [0.4, 0.5) is 11.6 Å². The van der Waals surface area contributed by atoms with Crippen LogP contribution in [0.3, 0.4) is 0 Å². The minimum atomic E-state index is 0.0951. The normalized spacial score (nSPS) is 12.2. The monoisotopic (exact) mass is 276 g/mol. The number of hydrogen-bond donors (Lipinski definition) is 2. The second kappa shape index (κ2) is 5.89. The van der Waals surface area contributed by atoms with Crippen molar-refractivity contribution in [2.75, 3.05) is 11.1 Å². The van der Waals surface area contributed by atoms with Crippen LogP contribution in [0.1, 0.15) is 31.3 Å². The number of rotatable bonds is 4. The van der Waals surface area contributed by atoms with Gasteiger partial charge in [0, 0.05) is 23.6 Å². The summed E-state index contributed by atoms with van der Waals surface area (Å²) in [5.41, 5.74) is 6.86. The molecule has 0 amide bonds. The Morgan fingerprint density at radius 1 is 1.32 bits per heavy atom. The van der Waals surface area contributed by atoms with E-state index < -0.39 is 0 Å². The lowest BCUT2D eigenvalue weighted by Crippen LogP contribution is -2.10. The van der Waals surface area contributed by atoms with Gasteiger partial charge in [0.2, 0.25) is 0 Å². The summed E-state index contributed by atoms with van der Waals surface area (Å²) < 4.78 is 0. The van der Waals surface area contributed by atoms with E-state index in [1.54, 1.807) is 6.07 Å². The van der Waals surface area contributed by atoms with E-state index in [0.29, 0.717) is 5.82 Å². The largest absolute Gasteiger partial charge is 0.384 e. The first-order valence-corrected chi connectivity index (χ1v) is 6.61. The standard InChI is InChI=1S/C14H17ClN4/c1-3-13-18-12(16)8-14(19-13)17-9(2)10-5-4-6-11(15)7-10/h4-9H,3H2,1-2H3,(H3,16,17,18,19). The molecule has 1 atom stereocenters. The van der Waals surface area contributed by atoms with Crippen molar-refractivity contribution in [3.8, 4) is 0 Å². The highest BCUT2D eigenvalue weighted by Crippen LogP contribution is 2.21. The molecule has 0 aliphatic heterocycles. The number of nitrogens with zero attached hydrogens (tertiary/aromatic N) is 2. The van der Waals surface area contributed by atoms with Crippen LogP contribution in [-0.2, 0) is 6.42 Å². The quantitative estimate of drug-likeness (QED) is 0.898. The smallest absolute Gasteiger partial charge is 0.132 e. The molecular formula is C14H17ClN4. The topological polar surface area (TPSA) is 63.8 Å². The molecule has 0 saturated carbocycles. The van der Waals surface area contributed by atoms with Gasteiger partial charge in [-0.15, -0.1) is 0 Å². The zero-order chi connectivity index (χ0) is 13.8. The molecule has 5 heteroatoms. The Balaban J connectivity index is 2.18. The summed E-state index contributed by atoms with van der Waals surface area (Å²) in [5.74, 6) is 1.95. The van der Waals surface area contributed by atoms with Crippen molar-refractivity contribution < 1.29 is 0 Å². The zero-order valence-electron chi connectivity index (χ0n) is 11.0. The van der Waals surface area contributed by atoms with Crippen LogP contribution in [0, 0.1) is 0 Å². The number of nitrogens with one attached hydrogen (secondary N) is 1. The molecule has 1 aromatic carbocycles. The van der Waals surface area contributed by atoms with Gasteiger partial charge in [-0.1, -0.05) is 30.7 Å². The second-order valence-electron chi connectivity index (χ2n) is 4.37. The van der Waals surface area contributed by atoms with E-state index >= 15 is 0 Å². The molecular weight excluding hydrogens is 260 g/mol. The van der Waals surface area contributed by atoms with Crippen molar-refractivity contribution >= 4 is 23.2 Å². The van der Waals surface area contributed by atoms with Crippen LogP contribution in [0.5, 0.6) is 0 Å². The van der Waals surface area contributed by atoms with E-state index in [4.69, 9.17) is 17.3 Å². The van der Waals surface area contributed by atoms with E-state index in [-0.39, 0.29) is 6.04 Å². The fraction of sp³-hybridized carbons (Fsp3) is 0.286. The molecule has 1 unspecified atom stereocenters. The Bertz CT molecular complexity index is 571. The molecule has 0 aliphatic carbocycles. The highest BCUT2D eigenvalue weighted by molar-refractivity contribution is 6.30. The van der Waals surface area contributed by atoms with Gasteiger partial charge in [-0.05, 0) is 24.6 Å². The van der Waals surface area contributed by atoms with Crippen molar-refractivity contribution in [2.45, 2.75) is 26.3 Å². The molecule has 3 N–H and O–H groups in total. The predicted molar refractivity (Wildman–Crippen MR) is 79.3 cm³/mol. The van der Waals surface area contributed by atoms with Crippen LogP contribution in [0.2, 0.25) is 5.02 Å². The highest BCUT2D eigenvalue weighted by Gasteiger charge is 2.08. The van der Waals surface area contributed by atoms with E-state index in [9.17, 15) is 0 Å². The number of anilines is 2. The maximum Gasteiger partial charge on any atom is 0.132 e. The van der Waals surface area contributed by atoms with Gasteiger partial charge in [-0.25, -0.2) is 9.97 Å². The summed E-state index contributed by atoms with van der Waals surface area (Å²) in [6.07, 6.45) is 0.755. The van der Waals surface area contributed by atoms with Crippen LogP contribution < -0.4 is 11.1 Å². The zero-order valence-corrected chi connectivity index (χ0v) is 11.8. The van der Waals surface area contributed by atoms with Crippen molar-refractivity contribution in [3.05, 3.63) is 46.7 Å². The van der Waals surface area contributed by atoms with Crippen molar-refractivity contribution in [2.24, 2.45) is 0 Å². The highest BCUT2D eigenvalue weighted by atomic mass is 35.5. The third kappa shape index (κ3) is 3.58. The minimum absolute atomic E-state index is 0.0951. The summed E-state index contributed by atoms with van der Waals surface area (Å²) in [6.45, 7) is 4.05. The number of aryl methyl sites for hydroxylation is 1. The molecule has 0 saturated heterocycles. The summed E-state index contributed by atoms with van der Waals surface area (Å²) in [4.78, 5) is 8.56. The van der Waals surface area contributed by atoms with Crippen LogP contribution in [0.15, 0.2) is 30.3 Å². The lowest BCUT2D eigenvalue weighted by molar-refractivity contribution is 0.858. The lowest BCUT2D eigenvalue weighted by atomic mass is 10.1. The van der Waals surface area contributed by atoms with Gasteiger partial charge in [-0.3, -0.25) is 0 Å². The molecule has 0 aliphatic rings. The maximum absolute atomic E-state index is 5.99. The third-order valence-electron chi connectivity index (χ3n) is 2.82. The number of nitrogen functional groups attached to an aromatic ring is 1. The molecule has 2 aromatic rings. The van der Waals surface area contributed by atoms with Gasteiger partial charge in [0.1, 0.15) is 17.5 Å². The molecule has 0 bridgehead atoms. The first kappa shape index (κ1) is 13.6. The SMILES string of the molecule is CCc1nc(N)cc(NC(C)c2cccc(Cl)c2)n1. The van der Waals surface area contributed by atoms with E-state index in [1.807, 2.05) is 31.2 Å². The molecule has 2 rings (SSSR count). The van der Waals surface area contributed by atoms with Gasteiger partial charge < -0.3 is 11.1 Å². The summed E-state index contributed by atoms with van der Waals surface area (Å²) >= 11 is 5.99. The van der Waals surface area contributed by atoms with E-state index in [1.165, 1.54) is 0 Å². The number of aromatic nitrogens is 2. The number of hydrogen-bond acceptors (Lipinski definition) is 4. The first-order valence-electron chi connectivity index (χ1n) is 6.24. The summed E-state index contributed by atoms with van der Waals surface area (Å²) in [7, 11) is 0. The van der Waals surface area contributed by atoms with E-state index in [2.05, 4.69) is 22.2 Å². The molecule has 0 spiro atoms. The average Bonchev–Trinajstić information content (AvgIpc) is 2.38. The molecule has 1 heterocycles. The number of nitrogens with two attached hydrogens (primary N) is 1. The Morgan fingerprint density at radius 3 is 2.79 bits per heavy atom. The van der Waals surface area contributed by atoms with Crippen LogP contribution >= 0.6 is 11.6 Å². The molecule has 4 nitrogen and oxygen atoms in total. The Hall–Kier alpha value is -1.81. The fourth-order valence-corrected chi connectivity index (χ4v) is 2.03. The average molecular weight is 277 g/mol. The summed E-state index contributed by atoms with van der Waals surface area (Å²) in [6, 6.07) is 9.58. The predicted octanol–water partition coefficient (Wildman–Crippen LogP) is 3.45. The first-order chi connectivity index (χ1) is 9.08. The molecule has 0 fully saturated rings. The fourth-order valence-electron chi connectivity index (χ4n) is 1.83. The van der Waals surface area contributed by atoms with Gasteiger partial charge >= 0.3 is 0 Å². The molecule has 100 valence electrons. The summed E-state index contributed by atoms with van der Waals surface area (Å²) in [5, 5.41) is 4.04. The van der Waals surface area contributed by atoms with Gasteiger partial charge in [0.15, 0.2) is 0 Å². The minimum Gasteiger partial charge on any atom is -0.384 e. The van der Waals surface area contributed by atoms with E-state index in [0.717, 1.165) is 28.6 Å². The second-order valence-corrected chi connectivity index (χ2v) is 4.81. The molecule has 1 aromatic heterocycles. The number of benzene rings is 1. The van der Waals surface area contributed by atoms with Crippen molar-refractivity contribution in [3.63, 3.8) is 0 Å². The molecule has 19 heavy (non-hydrogen) atoms. The molecule has 0 radical (unpaired) electrons. The lowest BCUT2D eigenvalue weighted by Gasteiger charge is -2.16. The Labute approximate surface area is 118 Å². The van der Waals surface area contributed by atoms with Crippen LogP contribution in [-0.4, -0.2) is 9.97 Å². The van der Waals surface area contributed by atoms with Crippen molar-refractivity contribution in [1.82, 2.24) is 9.97 Å². The van der Waals surface area contributed by atoms with Gasteiger partial charge in [-0.2, -0.15) is 0 Å². The Morgan fingerprint density at radius 2 is 2.11 bits per heavy atom. The van der Waals surface area contributed by atoms with Gasteiger partial charge in [0.25, 0.3) is 0 Å². The van der Waals surface area contributed by atoms with Crippen molar-refractivity contribution in [1.29, 1.82) is 0 Å². The van der Waals surface area contributed by atoms with Gasteiger partial charge in [0.05, 0.1) is 0 Å². The van der Waals surface area contributed by atoms with Crippen LogP contribution in [0.25, 0.3) is 0 Å². The maximum atomic E-state index is 5.99. The third-order valence-corrected chi connectivity index (χ3v) is 3.06. The Kier molecular flexibility index (Phi) is 4.22. The number of halogens is 1.